The zero-order chi connectivity index (χ0) is 19.5. The highest BCUT2D eigenvalue weighted by molar-refractivity contribution is 5.35. The lowest BCUT2D eigenvalue weighted by atomic mass is 10.0. The first-order chi connectivity index (χ1) is 13.6. The molecule has 2 aromatic carbocycles. The van der Waals surface area contributed by atoms with E-state index in [0.717, 1.165) is 51.4 Å². The predicted octanol–water partition coefficient (Wildman–Crippen LogP) is 3.84. The number of aryl methyl sites for hydroxylation is 1. The van der Waals surface area contributed by atoms with E-state index in [1.807, 2.05) is 6.07 Å². The minimum atomic E-state index is 0.966. The minimum Gasteiger partial charge on any atom is -0.365 e. The Morgan fingerprint density at radius 1 is 1.00 bits per heavy atom. The molecule has 0 spiro atoms. The van der Waals surface area contributed by atoms with Gasteiger partial charge < -0.3 is 4.90 Å². The fourth-order valence-electron chi connectivity index (χ4n) is 4.48. The molecule has 2 heterocycles. The molecule has 2 aliphatic rings. The summed E-state index contributed by atoms with van der Waals surface area (Å²) in [5, 5.41) is 0. The summed E-state index contributed by atoms with van der Waals surface area (Å²) < 4.78 is 0. The van der Waals surface area contributed by atoms with Gasteiger partial charge >= 0.3 is 0 Å². The van der Waals surface area contributed by atoms with Crippen molar-refractivity contribution in [2.75, 3.05) is 33.4 Å². The maximum atomic E-state index is 5.56. The quantitative estimate of drug-likeness (QED) is 0.756. The SMILES string of the molecule is C#Cc1cccc(CN2CCC3=C(C2)CN(Cc2ccccc2C)CN3C)c1. The van der Waals surface area contributed by atoms with Crippen LogP contribution < -0.4 is 0 Å². The number of terminal acetylenes is 1. The van der Waals surface area contributed by atoms with Crippen LogP contribution in [0.1, 0.15) is 28.7 Å². The van der Waals surface area contributed by atoms with Crippen molar-refractivity contribution in [2.24, 2.45) is 0 Å². The fraction of sp³-hybridized carbons (Fsp3) is 0.360. The largest absolute Gasteiger partial charge is 0.365 e. The molecule has 0 saturated heterocycles. The smallest absolute Gasteiger partial charge is 0.0706 e. The summed E-state index contributed by atoms with van der Waals surface area (Å²) in [7, 11) is 2.24. The average Bonchev–Trinajstić information content (AvgIpc) is 2.70. The van der Waals surface area contributed by atoms with Crippen LogP contribution in [0, 0.1) is 19.3 Å². The van der Waals surface area contributed by atoms with Gasteiger partial charge in [0.05, 0.1) is 6.67 Å². The van der Waals surface area contributed by atoms with E-state index >= 15 is 0 Å². The summed E-state index contributed by atoms with van der Waals surface area (Å²) in [6, 6.07) is 17.1. The molecule has 0 aliphatic carbocycles. The first-order valence-electron chi connectivity index (χ1n) is 10.1. The predicted molar refractivity (Wildman–Crippen MR) is 116 cm³/mol. The third kappa shape index (κ3) is 4.14. The summed E-state index contributed by atoms with van der Waals surface area (Å²) in [4.78, 5) is 7.57. The monoisotopic (exact) mass is 371 g/mol. The van der Waals surface area contributed by atoms with Crippen LogP contribution in [0.5, 0.6) is 0 Å². The summed E-state index contributed by atoms with van der Waals surface area (Å²) in [6.45, 7) is 8.42. The number of benzene rings is 2. The third-order valence-electron chi connectivity index (χ3n) is 5.93. The maximum absolute atomic E-state index is 5.56. The Labute approximate surface area is 169 Å². The van der Waals surface area contributed by atoms with Gasteiger partial charge in [0.25, 0.3) is 0 Å². The molecule has 0 unspecified atom stereocenters. The Balaban J connectivity index is 1.44. The van der Waals surface area contributed by atoms with E-state index in [1.165, 1.54) is 16.7 Å². The molecule has 0 amide bonds. The molecule has 0 atom stereocenters. The van der Waals surface area contributed by atoms with Crippen molar-refractivity contribution >= 4 is 0 Å². The number of rotatable bonds is 4. The van der Waals surface area contributed by atoms with Gasteiger partial charge in [0.1, 0.15) is 0 Å². The molecule has 28 heavy (non-hydrogen) atoms. The van der Waals surface area contributed by atoms with Gasteiger partial charge in [-0.2, -0.15) is 0 Å². The van der Waals surface area contributed by atoms with Crippen LogP contribution in [0.4, 0.5) is 0 Å². The van der Waals surface area contributed by atoms with Crippen LogP contribution >= 0.6 is 0 Å². The molecule has 2 aliphatic heterocycles. The zero-order valence-corrected chi connectivity index (χ0v) is 17.0. The van der Waals surface area contributed by atoms with Crippen molar-refractivity contribution in [3.05, 3.63) is 82.1 Å². The van der Waals surface area contributed by atoms with Gasteiger partial charge in [-0.15, -0.1) is 6.42 Å². The maximum Gasteiger partial charge on any atom is 0.0706 e. The van der Waals surface area contributed by atoms with Gasteiger partial charge in [-0.05, 0) is 41.3 Å². The fourth-order valence-corrected chi connectivity index (χ4v) is 4.48. The Morgan fingerprint density at radius 3 is 2.64 bits per heavy atom. The molecule has 2 aromatic rings. The molecule has 0 fully saturated rings. The van der Waals surface area contributed by atoms with Crippen molar-refractivity contribution in [1.82, 2.24) is 14.7 Å². The Bertz CT molecular complexity index is 921. The van der Waals surface area contributed by atoms with Crippen LogP contribution in [0.2, 0.25) is 0 Å². The third-order valence-corrected chi connectivity index (χ3v) is 5.93. The van der Waals surface area contributed by atoms with Gasteiger partial charge in [0.2, 0.25) is 0 Å². The second-order valence-electron chi connectivity index (χ2n) is 8.11. The molecule has 0 saturated carbocycles. The lowest BCUT2D eigenvalue weighted by Gasteiger charge is -2.43. The van der Waals surface area contributed by atoms with E-state index < -0.39 is 0 Å². The first-order valence-corrected chi connectivity index (χ1v) is 10.1. The Kier molecular flexibility index (Phi) is 5.52. The van der Waals surface area contributed by atoms with Crippen molar-refractivity contribution in [3.8, 4) is 12.3 Å². The van der Waals surface area contributed by atoms with E-state index in [4.69, 9.17) is 6.42 Å². The van der Waals surface area contributed by atoms with E-state index in [1.54, 1.807) is 11.3 Å². The molecule has 3 nitrogen and oxygen atoms in total. The summed E-state index contributed by atoms with van der Waals surface area (Å²) >= 11 is 0. The summed E-state index contributed by atoms with van der Waals surface area (Å²) in [5.41, 5.74) is 8.20. The average molecular weight is 372 g/mol. The van der Waals surface area contributed by atoms with Crippen LogP contribution in [0.15, 0.2) is 59.8 Å². The van der Waals surface area contributed by atoms with E-state index in [9.17, 15) is 0 Å². The standard InChI is InChI=1S/C25H29N3/c1-4-21-9-7-10-22(14-21)15-27-13-12-25-24(17-27)18-28(19-26(25)3)16-23-11-6-5-8-20(23)2/h1,5-11,14H,12-13,15-19H2,2-3H3. The highest BCUT2D eigenvalue weighted by Gasteiger charge is 2.27. The molecule has 4 rings (SSSR count). The highest BCUT2D eigenvalue weighted by atomic mass is 15.3. The van der Waals surface area contributed by atoms with Crippen LogP contribution in [-0.2, 0) is 13.1 Å². The van der Waals surface area contributed by atoms with E-state index in [0.29, 0.717) is 0 Å². The van der Waals surface area contributed by atoms with Gasteiger partial charge in [-0.3, -0.25) is 9.80 Å². The summed E-state index contributed by atoms with van der Waals surface area (Å²) in [5.74, 6) is 2.75. The zero-order valence-electron chi connectivity index (χ0n) is 17.0. The minimum absolute atomic E-state index is 0.966. The Hall–Kier alpha value is -2.54. The van der Waals surface area contributed by atoms with Crippen molar-refractivity contribution < 1.29 is 0 Å². The van der Waals surface area contributed by atoms with Crippen molar-refractivity contribution in [2.45, 2.75) is 26.4 Å². The molecular formula is C25H29N3. The molecular weight excluding hydrogens is 342 g/mol. The number of hydrogen-bond donors (Lipinski definition) is 0. The number of nitrogens with zero attached hydrogens (tertiary/aromatic N) is 3. The van der Waals surface area contributed by atoms with Gasteiger partial charge in [0, 0.05) is 57.5 Å². The first kappa shape index (κ1) is 18.8. The van der Waals surface area contributed by atoms with Crippen LogP contribution in [0.3, 0.4) is 0 Å². The normalized spacial score (nSPS) is 18.1. The second kappa shape index (κ2) is 8.22. The van der Waals surface area contributed by atoms with Gasteiger partial charge in [-0.1, -0.05) is 42.3 Å². The number of hydrogen-bond acceptors (Lipinski definition) is 3. The van der Waals surface area contributed by atoms with Crippen molar-refractivity contribution in [1.29, 1.82) is 0 Å². The topological polar surface area (TPSA) is 9.72 Å². The van der Waals surface area contributed by atoms with Gasteiger partial charge in [0.15, 0.2) is 0 Å². The molecule has 0 N–H and O–H groups in total. The molecule has 144 valence electrons. The Morgan fingerprint density at radius 2 is 1.82 bits per heavy atom. The van der Waals surface area contributed by atoms with Gasteiger partial charge in [-0.25, -0.2) is 0 Å². The van der Waals surface area contributed by atoms with E-state index in [2.05, 4.69) is 77.1 Å². The highest BCUT2D eigenvalue weighted by Crippen LogP contribution is 2.27. The van der Waals surface area contributed by atoms with Crippen LogP contribution in [0.25, 0.3) is 0 Å². The molecule has 0 radical (unpaired) electrons. The molecule has 0 bridgehead atoms. The van der Waals surface area contributed by atoms with E-state index in [-0.39, 0.29) is 0 Å². The lowest BCUT2D eigenvalue weighted by Crippen LogP contribution is -2.47. The summed E-state index contributed by atoms with van der Waals surface area (Å²) in [6.07, 6.45) is 6.70. The molecule has 0 aromatic heterocycles. The molecule has 3 heteroatoms. The lowest BCUT2D eigenvalue weighted by molar-refractivity contribution is 0.132. The van der Waals surface area contributed by atoms with Crippen LogP contribution in [-0.4, -0.2) is 48.1 Å². The van der Waals surface area contributed by atoms with Crippen molar-refractivity contribution in [3.63, 3.8) is 0 Å². The second-order valence-corrected chi connectivity index (χ2v) is 8.11.